The molecule has 1 atom stereocenters. The summed E-state index contributed by atoms with van der Waals surface area (Å²) in [5.41, 5.74) is 3.16. The van der Waals surface area contributed by atoms with Crippen LogP contribution in [0.25, 0.3) is 0 Å². The van der Waals surface area contributed by atoms with Crippen LogP contribution >= 0.6 is 0 Å². The van der Waals surface area contributed by atoms with Crippen LogP contribution in [-0.4, -0.2) is 25.1 Å². The van der Waals surface area contributed by atoms with E-state index in [9.17, 15) is 8.42 Å². The third-order valence-electron chi connectivity index (χ3n) is 5.22. The van der Waals surface area contributed by atoms with E-state index in [0.717, 1.165) is 30.4 Å². The smallest absolute Gasteiger partial charge is 0.241 e. The highest BCUT2D eigenvalue weighted by molar-refractivity contribution is 7.89. The Balaban J connectivity index is 1.71. The number of aryl methyl sites for hydroxylation is 3. The molecular weight excluding hydrogens is 374 g/mol. The number of rotatable bonds is 6. The van der Waals surface area contributed by atoms with Crippen molar-refractivity contribution in [3.8, 4) is 5.75 Å². The Labute approximate surface area is 165 Å². The van der Waals surface area contributed by atoms with E-state index in [1.165, 1.54) is 5.56 Å². The zero-order valence-corrected chi connectivity index (χ0v) is 16.7. The topological polar surface area (TPSA) is 73.2 Å². The normalized spacial score (nSPS) is 14.6. The zero-order valence-electron chi connectivity index (χ0n) is 15.9. The molecule has 7 heteroatoms. The number of ether oxygens (including phenoxy) is 1. The average molecular weight is 398 g/mol. The number of hydrogen-bond donors (Lipinski definition) is 1. The summed E-state index contributed by atoms with van der Waals surface area (Å²) in [6.45, 7) is 0. The number of nitrogens with one attached hydrogen (secondary N) is 1. The average Bonchev–Trinajstić information content (AvgIpc) is 3.34. The molecule has 0 bridgehead atoms. The summed E-state index contributed by atoms with van der Waals surface area (Å²) in [5, 5.41) is 0. The third-order valence-corrected chi connectivity index (χ3v) is 6.64. The van der Waals surface area contributed by atoms with E-state index in [1.807, 2.05) is 41.9 Å². The van der Waals surface area contributed by atoms with Gasteiger partial charge in [0.15, 0.2) is 0 Å². The molecule has 1 heterocycles. The van der Waals surface area contributed by atoms with E-state index >= 15 is 0 Å². The molecule has 0 unspecified atom stereocenters. The lowest BCUT2D eigenvalue weighted by atomic mass is 10.1. The Hall–Kier alpha value is -2.64. The van der Waals surface area contributed by atoms with Crippen LogP contribution in [0.15, 0.2) is 59.8 Å². The van der Waals surface area contributed by atoms with Gasteiger partial charge in [0.05, 0.1) is 12.0 Å². The van der Waals surface area contributed by atoms with E-state index in [-0.39, 0.29) is 0 Å². The minimum absolute atomic E-state index is 0.292. The van der Waals surface area contributed by atoms with Gasteiger partial charge in [0.1, 0.15) is 17.6 Å². The Kier molecular flexibility index (Phi) is 4.95. The van der Waals surface area contributed by atoms with Gasteiger partial charge in [0.25, 0.3) is 0 Å². The second-order valence-electron chi connectivity index (χ2n) is 7.01. The number of methoxy groups -OCH3 is 1. The summed E-state index contributed by atoms with van der Waals surface area (Å²) in [6.07, 6.45) is 6.49. The summed E-state index contributed by atoms with van der Waals surface area (Å²) in [5.74, 6) is 1.33. The molecule has 0 saturated heterocycles. The fraction of sp³-hybridized carbons (Fsp3) is 0.286. The van der Waals surface area contributed by atoms with Crippen molar-refractivity contribution in [1.82, 2.24) is 14.3 Å². The summed E-state index contributed by atoms with van der Waals surface area (Å²) < 4.78 is 36.2. The van der Waals surface area contributed by atoms with Crippen LogP contribution < -0.4 is 9.46 Å². The van der Waals surface area contributed by atoms with Crippen molar-refractivity contribution in [2.24, 2.45) is 7.05 Å². The summed E-state index contributed by atoms with van der Waals surface area (Å²) in [6, 6.07) is 12.1. The van der Waals surface area contributed by atoms with Crippen molar-refractivity contribution < 1.29 is 13.2 Å². The van der Waals surface area contributed by atoms with Crippen molar-refractivity contribution >= 4 is 10.0 Å². The van der Waals surface area contributed by atoms with Crippen LogP contribution in [0.1, 0.15) is 35.0 Å². The van der Waals surface area contributed by atoms with Crippen LogP contribution in [0.4, 0.5) is 0 Å². The maximum Gasteiger partial charge on any atom is 0.241 e. The van der Waals surface area contributed by atoms with Crippen molar-refractivity contribution in [2.45, 2.75) is 30.2 Å². The summed E-state index contributed by atoms with van der Waals surface area (Å²) in [7, 11) is -0.274. The predicted molar refractivity (Wildman–Crippen MR) is 107 cm³/mol. The van der Waals surface area contributed by atoms with Crippen molar-refractivity contribution in [3.05, 3.63) is 77.4 Å². The lowest BCUT2D eigenvalue weighted by molar-refractivity contribution is 0.414. The molecule has 1 aliphatic rings. The summed E-state index contributed by atoms with van der Waals surface area (Å²) in [4.78, 5) is 4.67. The lowest BCUT2D eigenvalue weighted by Crippen LogP contribution is -2.31. The Morgan fingerprint density at radius 1 is 1.11 bits per heavy atom. The van der Waals surface area contributed by atoms with E-state index in [2.05, 4.69) is 9.71 Å². The first-order valence-corrected chi connectivity index (χ1v) is 10.7. The van der Waals surface area contributed by atoms with Gasteiger partial charge in [-0.2, -0.15) is 4.72 Å². The maximum atomic E-state index is 13.2. The number of benzene rings is 2. The van der Waals surface area contributed by atoms with Crippen LogP contribution in [0, 0.1) is 0 Å². The van der Waals surface area contributed by atoms with E-state index in [4.69, 9.17) is 4.74 Å². The standard InChI is InChI=1S/C21H23N3O3S/c1-24-13-12-22-21(24)20(16-6-9-18(27-2)10-7-16)23-28(25,26)19-11-8-15-4-3-5-17(15)14-19/h6-14,20,23H,3-5H2,1-2H3/t20-/m0/s1. The first-order chi connectivity index (χ1) is 13.5. The van der Waals surface area contributed by atoms with Gasteiger partial charge in [-0.25, -0.2) is 13.4 Å². The third kappa shape index (κ3) is 3.55. The highest BCUT2D eigenvalue weighted by Crippen LogP contribution is 2.28. The molecule has 2 aromatic carbocycles. The van der Waals surface area contributed by atoms with Crippen LogP contribution in [0.5, 0.6) is 5.75 Å². The molecule has 0 fully saturated rings. The van der Waals surface area contributed by atoms with Crippen molar-refractivity contribution in [3.63, 3.8) is 0 Å². The molecule has 0 amide bonds. The molecule has 28 heavy (non-hydrogen) atoms. The molecule has 146 valence electrons. The van der Waals surface area contributed by atoms with Gasteiger partial charge in [-0.3, -0.25) is 0 Å². The predicted octanol–water partition coefficient (Wildman–Crippen LogP) is 2.99. The number of aromatic nitrogens is 2. The second-order valence-corrected chi connectivity index (χ2v) is 8.72. The molecule has 0 radical (unpaired) electrons. The Bertz CT molecular complexity index is 1090. The van der Waals surface area contributed by atoms with Crippen LogP contribution in [-0.2, 0) is 29.9 Å². The van der Waals surface area contributed by atoms with Crippen molar-refractivity contribution in [2.75, 3.05) is 7.11 Å². The largest absolute Gasteiger partial charge is 0.497 e. The molecule has 1 N–H and O–H groups in total. The number of imidazole rings is 1. The van der Waals surface area contributed by atoms with E-state index in [1.54, 1.807) is 31.6 Å². The molecule has 0 saturated carbocycles. The molecule has 0 aliphatic heterocycles. The zero-order chi connectivity index (χ0) is 19.7. The number of fused-ring (bicyclic) bond motifs is 1. The minimum atomic E-state index is -3.72. The van der Waals surface area contributed by atoms with E-state index in [0.29, 0.717) is 16.5 Å². The Morgan fingerprint density at radius 3 is 2.54 bits per heavy atom. The highest BCUT2D eigenvalue weighted by Gasteiger charge is 2.26. The molecular formula is C21H23N3O3S. The first kappa shape index (κ1) is 18.7. The van der Waals surface area contributed by atoms with E-state index < -0.39 is 16.1 Å². The monoisotopic (exact) mass is 397 g/mol. The first-order valence-electron chi connectivity index (χ1n) is 9.23. The SMILES string of the molecule is COc1ccc([C@H](NS(=O)(=O)c2ccc3c(c2)CCC3)c2nccn2C)cc1. The fourth-order valence-electron chi connectivity index (χ4n) is 3.66. The van der Waals surface area contributed by atoms with Gasteiger partial charge >= 0.3 is 0 Å². The van der Waals surface area contributed by atoms with Gasteiger partial charge in [-0.05, 0) is 60.2 Å². The molecule has 6 nitrogen and oxygen atoms in total. The Morgan fingerprint density at radius 2 is 1.86 bits per heavy atom. The molecule has 1 aromatic heterocycles. The van der Waals surface area contributed by atoms with Crippen LogP contribution in [0.2, 0.25) is 0 Å². The molecule has 1 aliphatic carbocycles. The van der Waals surface area contributed by atoms with Gasteiger partial charge in [-0.15, -0.1) is 0 Å². The quantitative estimate of drug-likeness (QED) is 0.694. The van der Waals surface area contributed by atoms with Crippen molar-refractivity contribution in [1.29, 1.82) is 0 Å². The van der Waals surface area contributed by atoms with Gasteiger partial charge in [-0.1, -0.05) is 18.2 Å². The molecule has 0 spiro atoms. The lowest BCUT2D eigenvalue weighted by Gasteiger charge is -2.20. The van der Waals surface area contributed by atoms with Gasteiger partial charge in [0, 0.05) is 19.4 Å². The number of hydrogen-bond acceptors (Lipinski definition) is 4. The minimum Gasteiger partial charge on any atom is -0.497 e. The fourth-order valence-corrected chi connectivity index (χ4v) is 4.89. The number of nitrogens with zero attached hydrogens (tertiary/aromatic N) is 2. The molecule has 4 rings (SSSR count). The second kappa shape index (κ2) is 7.41. The maximum absolute atomic E-state index is 13.2. The van der Waals surface area contributed by atoms with Gasteiger partial charge in [0.2, 0.25) is 10.0 Å². The van der Waals surface area contributed by atoms with Crippen LogP contribution in [0.3, 0.4) is 0 Å². The number of sulfonamides is 1. The molecule has 3 aromatic rings. The van der Waals surface area contributed by atoms with Gasteiger partial charge < -0.3 is 9.30 Å². The highest BCUT2D eigenvalue weighted by atomic mass is 32.2. The summed E-state index contributed by atoms with van der Waals surface area (Å²) >= 11 is 0.